The summed E-state index contributed by atoms with van der Waals surface area (Å²) < 4.78 is 0. The van der Waals surface area contributed by atoms with Gasteiger partial charge in [-0.25, -0.2) is 0 Å². The van der Waals surface area contributed by atoms with Crippen LogP contribution < -0.4 is 5.32 Å². The molecule has 3 heterocycles. The molecule has 3 aromatic rings. The van der Waals surface area contributed by atoms with Gasteiger partial charge in [0.05, 0.1) is 11.4 Å². The van der Waals surface area contributed by atoms with Crippen LogP contribution in [-0.2, 0) is 6.54 Å². The molecule has 3 nitrogen and oxygen atoms in total. The first-order chi connectivity index (χ1) is 13.2. The Morgan fingerprint density at radius 2 is 1.70 bits per heavy atom. The predicted octanol–water partition coefficient (Wildman–Crippen LogP) is 5.37. The van der Waals surface area contributed by atoms with E-state index in [9.17, 15) is 0 Å². The van der Waals surface area contributed by atoms with Crippen molar-refractivity contribution in [1.82, 2.24) is 9.80 Å². The summed E-state index contributed by atoms with van der Waals surface area (Å²) in [6.45, 7) is 5.76. The van der Waals surface area contributed by atoms with Crippen molar-refractivity contribution in [2.75, 3.05) is 38.5 Å². The van der Waals surface area contributed by atoms with Crippen molar-refractivity contribution in [2.45, 2.75) is 16.3 Å². The molecule has 0 aliphatic carbocycles. The molecule has 0 spiro atoms. The molecule has 2 aliphatic rings. The first-order valence-corrected chi connectivity index (χ1v) is 11.1. The number of thiophene rings is 1. The van der Waals surface area contributed by atoms with Crippen molar-refractivity contribution in [3.8, 4) is 11.1 Å². The van der Waals surface area contributed by atoms with Crippen LogP contribution >= 0.6 is 23.1 Å². The van der Waals surface area contributed by atoms with Crippen LogP contribution in [0.1, 0.15) is 4.88 Å². The number of hydrogen-bond acceptors (Lipinski definition) is 5. The lowest BCUT2D eigenvalue weighted by atomic mass is 10.1. The summed E-state index contributed by atoms with van der Waals surface area (Å²) in [4.78, 5) is 9.03. The molecular formula is C22H23N3S2. The highest BCUT2D eigenvalue weighted by molar-refractivity contribution is 7.99. The van der Waals surface area contributed by atoms with Gasteiger partial charge in [-0.2, -0.15) is 0 Å². The van der Waals surface area contributed by atoms with Crippen LogP contribution in [0.3, 0.4) is 0 Å². The fourth-order valence-electron chi connectivity index (χ4n) is 3.66. The van der Waals surface area contributed by atoms with E-state index >= 15 is 0 Å². The topological polar surface area (TPSA) is 18.5 Å². The fourth-order valence-corrected chi connectivity index (χ4v) is 5.56. The number of rotatable bonds is 3. The number of nitrogens with zero attached hydrogens (tertiary/aromatic N) is 2. The third-order valence-electron chi connectivity index (χ3n) is 5.32. The van der Waals surface area contributed by atoms with Gasteiger partial charge in [0.1, 0.15) is 0 Å². The quantitative estimate of drug-likeness (QED) is 0.504. The normalized spacial score (nSPS) is 17.2. The molecule has 0 amide bonds. The molecule has 1 aromatic heterocycles. The molecule has 138 valence electrons. The van der Waals surface area contributed by atoms with E-state index in [1.165, 1.54) is 63.3 Å². The van der Waals surface area contributed by atoms with E-state index in [-0.39, 0.29) is 0 Å². The molecule has 0 radical (unpaired) electrons. The van der Waals surface area contributed by atoms with E-state index in [0.29, 0.717) is 0 Å². The van der Waals surface area contributed by atoms with Crippen LogP contribution in [0.2, 0.25) is 0 Å². The minimum absolute atomic E-state index is 1.07. The molecule has 5 heteroatoms. The predicted molar refractivity (Wildman–Crippen MR) is 116 cm³/mol. The van der Waals surface area contributed by atoms with Gasteiger partial charge >= 0.3 is 0 Å². The number of anilines is 2. The largest absolute Gasteiger partial charge is 0.354 e. The number of fused-ring (bicyclic) bond motifs is 2. The fraction of sp³-hybridized carbons (Fsp3) is 0.273. The molecule has 1 fully saturated rings. The smallest absolute Gasteiger partial charge is 0.0532 e. The zero-order valence-corrected chi connectivity index (χ0v) is 17.1. The van der Waals surface area contributed by atoms with E-state index in [1.807, 2.05) is 23.1 Å². The zero-order chi connectivity index (χ0) is 18.2. The summed E-state index contributed by atoms with van der Waals surface area (Å²) in [7, 11) is 2.21. The summed E-state index contributed by atoms with van der Waals surface area (Å²) >= 11 is 3.73. The van der Waals surface area contributed by atoms with Gasteiger partial charge in [-0.1, -0.05) is 30.0 Å². The van der Waals surface area contributed by atoms with Gasteiger partial charge in [-0.3, -0.25) is 4.90 Å². The summed E-state index contributed by atoms with van der Waals surface area (Å²) in [5, 5.41) is 5.90. The van der Waals surface area contributed by atoms with E-state index in [0.717, 1.165) is 6.54 Å². The number of piperazine rings is 1. The third kappa shape index (κ3) is 3.65. The number of benzene rings is 2. The summed E-state index contributed by atoms with van der Waals surface area (Å²) in [6, 6.07) is 17.7. The lowest BCUT2D eigenvalue weighted by molar-refractivity contribution is 0.149. The average Bonchev–Trinajstić information content (AvgIpc) is 3.16. The highest BCUT2D eigenvalue weighted by atomic mass is 32.2. The van der Waals surface area contributed by atoms with Crippen molar-refractivity contribution < 1.29 is 0 Å². The second-order valence-corrected chi connectivity index (χ2v) is 9.39. The Morgan fingerprint density at radius 3 is 2.59 bits per heavy atom. The summed E-state index contributed by atoms with van der Waals surface area (Å²) in [5.74, 6) is 0. The molecule has 5 rings (SSSR count). The summed E-state index contributed by atoms with van der Waals surface area (Å²) in [5.41, 5.74) is 5.04. The Labute approximate surface area is 169 Å². The second-order valence-electron chi connectivity index (χ2n) is 7.32. The van der Waals surface area contributed by atoms with Crippen molar-refractivity contribution >= 4 is 34.5 Å². The van der Waals surface area contributed by atoms with E-state index in [1.54, 1.807) is 0 Å². The van der Waals surface area contributed by atoms with Crippen LogP contribution in [0.4, 0.5) is 11.4 Å². The number of para-hydroxylation sites is 1. The Hall–Kier alpha value is -1.79. The second kappa shape index (κ2) is 7.32. The number of likely N-dealkylation sites (N-methyl/N-ethyl adjacent to an activating group) is 1. The molecule has 1 saturated heterocycles. The Morgan fingerprint density at radius 1 is 0.889 bits per heavy atom. The maximum atomic E-state index is 3.60. The molecule has 0 atom stereocenters. The van der Waals surface area contributed by atoms with Crippen molar-refractivity contribution in [1.29, 1.82) is 0 Å². The average molecular weight is 394 g/mol. The van der Waals surface area contributed by atoms with Gasteiger partial charge in [0.25, 0.3) is 0 Å². The first-order valence-electron chi connectivity index (χ1n) is 9.41. The van der Waals surface area contributed by atoms with Crippen LogP contribution in [0.5, 0.6) is 0 Å². The number of nitrogens with one attached hydrogen (secondary N) is 1. The van der Waals surface area contributed by atoms with E-state index < -0.39 is 0 Å². The summed E-state index contributed by atoms with van der Waals surface area (Å²) in [6.07, 6.45) is 0. The van der Waals surface area contributed by atoms with Crippen molar-refractivity contribution in [3.05, 3.63) is 58.8 Å². The Balaban J connectivity index is 1.34. The third-order valence-corrected chi connectivity index (χ3v) is 7.39. The van der Waals surface area contributed by atoms with Gasteiger partial charge in [0.15, 0.2) is 0 Å². The maximum absolute atomic E-state index is 3.60. The van der Waals surface area contributed by atoms with Gasteiger partial charge in [-0.15, -0.1) is 11.3 Å². The van der Waals surface area contributed by atoms with Crippen LogP contribution in [0.25, 0.3) is 11.1 Å². The maximum Gasteiger partial charge on any atom is 0.0532 e. The van der Waals surface area contributed by atoms with Gasteiger partial charge in [0, 0.05) is 47.4 Å². The van der Waals surface area contributed by atoms with Gasteiger partial charge in [0.2, 0.25) is 0 Å². The monoisotopic (exact) mass is 393 g/mol. The number of hydrogen-bond donors (Lipinski definition) is 1. The molecule has 27 heavy (non-hydrogen) atoms. The minimum atomic E-state index is 1.07. The molecule has 2 aliphatic heterocycles. The molecule has 1 N–H and O–H groups in total. The van der Waals surface area contributed by atoms with Gasteiger partial charge in [-0.05, 0) is 53.9 Å². The van der Waals surface area contributed by atoms with Crippen LogP contribution in [0.15, 0.2) is 63.7 Å². The lowest BCUT2D eigenvalue weighted by Crippen LogP contribution is -2.43. The van der Waals surface area contributed by atoms with E-state index in [4.69, 9.17) is 0 Å². The van der Waals surface area contributed by atoms with Crippen molar-refractivity contribution in [2.24, 2.45) is 0 Å². The molecule has 0 bridgehead atoms. The highest BCUT2D eigenvalue weighted by Gasteiger charge is 2.17. The zero-order valence-electron chi connectivity index (χ0n) is 15.4. The molecular weight excluding hydrogens is 370 g/mol. The van der Waals surface area contributed by atoms with E-state index in [2.05, 4.69) is 76.1 Å². The standard InChI is InChI=1S/C22H23N3S2/c1-24-8-10-25(11-9-24)14-18-12-17(15-26-18)16-6-7-22-20(13-16)23-19-4-2-3-5-21(19)27-22/h2-7,12-13,15,23H,8-11,14H2,1H3. The Kier molecular flexibility index (Phi) is 4.70. The van der Waals surface area contributed by atoms with Crippen LogP contribution in [-0.4, -0.2) is 43.0 Å². The SMILES string of the molecule is CN1CCN(Cc2cc(-c3ccc4c(c3)Nc3ccccc3S4)cs2)CC1. The minimum Gasteiger partial charge on any atom is -0.354 e. The Bertz CT molecular complexity index is 958. The lowest BCUT2D eigenvalue weighted by Gasteiger charge is -2.31. The van der Waals surface area contributed by atoms with Crippen LogP contribution in [0, 0.1) is 0 Å². The van der Waals surface area contributed by atoms with Crippen molar-refractivity contribution in [3.63, 3.8) is 0 Å². The molecule has 2 aromatic carbocycles. The highest BCUT2D eigenvalue weighted by Crippen LogP contribution is 2.45. The van der Waals surface area contributed by atoms with Gasteiger partial charge < -0.3 is 10.2 Å². The molecule has 0 unspecified atom stereocenters. The first kappa shape index (κ1) is 17.3. The molecule has 0 saturated carbocycles.